The Morgan fingerprint density at radius 3 is 2.91 bits per heavy atom. The molecule has 1 aliphatic rings. The van der Waals surface area contributed by atoms with E-state index < -0.39 is 0 Å². The van der Waals surface area contributed by atoms with Crippen molar-refractivity contribution in [2.45, 2.75) is 13.3 Å². The van der Waals surface area contributed by atoms with Crippen LogP contribution in [-0.2, 0) is 4.74 Å². The third kappa shape index (κ3) is 2.95. The Labute approximate surface area is 72.3 Å². The molecular weight excluding hydrogens is 168 g/mol. The number of halogens is 1. The maximum atomic E-state index is 10.9. The first-order chi connectivity index (χ1) is 4.84. The number of carbonyl (C=O) groups is 1. The van der Waals surface area contributed by atoms with Crippen LogP contribution in [0.25, 0.3) is 0 Å². The Balaban J connectivity index is 0.000001000. The molecule has 0 radical (unpaired) electrons. The average molecular weight is 181 g/mol. The van der Waals surface area contributed by atoms with Crippen molar-refractivity contribution in [3.8, 4) is 0 Å². The summed E-state index contributed by atoms with van der Waals surface area (Å²) in [6.45, 7) is 3.88. The molecule has 0 aromatic carbocycles. The van der Waals surface area contributed by atoms with Crippen LogP contribution >= 0.6 is 12.4 Å². The fourth-order valence-electron chi connectivity index (χ4n) is 0.887. The van der Waals surface area contributed by atoms with E-state index in [0.29, 0.717) is 6.61 Å². The zero-order chi connectivity index (χ0) is 7.40. The highest BCUT2D eigenvalue weighted by Gasteiger charge is 2.17. The molecule has 1 rings (SSSR count). The van der Waals surface area contributed by atoms with Crippen LogP contribution in [0, 0.1) is 0 Å². The number of carbonyl (C=O) groups excluding carboxylic acids is 1. The third-order valence-electron chi connectivity index (χ3n) is 1.35. The molecule has 1 saturated heterocycles. The molecule has 0 spiro atoms. The van der Waals surface area contributed by atoms with Crippen LogP contribution in [0.15, 0.2) is 0 Å². The molecule has 4 nitrogen and oxygen atoms in total. The van der Waals surface area contributed by atoms with E-state index in [1.807, 2.05) is 0 Å². The van der Waals surface area contributed by atoms with Crippen molar-refractivity contribution >= 4 is 18.5 Å². The predicted molar refractivity (Wildman–Crippen MR) is 43.6 cm³/mol. The lowest BCUT2D eigenvalue weighted by Crippen LogP contribution is -2.37. The van der Waals surface area contributed by atoms with Crippen LogP contribution in [0.2, 0.25) is 0 Å². The Kier molecular flexibility index (Phi) is 4.98. The fourth-order valence-corrected chi connectivity index (χ4v) is 0.887. The van der Waals surface area contributed by atoms with Gasteiger partial charge in [-0.1, -0.05) is 0 Å². The number of nitrogens with one attached hydrogen (secondary N) is 1. The molecule has 0 atom stereocenters. The van der Waals surface area contributed by atoms with Crippen molar-refractivity contribution in [1.29, 1.82) is 0 Å². The summed E-state index contributed by atoms with van der Waals surface area (Å²) in [5, 5.41) is 1.50. The summed E-state index contributed by atoms with van der Waals surface area (Å²) < 4.78 is 4.75. The molecule has 0 aromatic rings. The van der Waals surface area contributed by atoms with E-state index in [1.54, 1.807) is 6.92 Å². The molecule has 66 valence electrons. The summed E-state index contributed by atoms with van der Waals surface area (Å²) in [5.74, 6) is 0. The van der Waals surface area contributed by atoms with Crippen molar-refractivity contribution in [3.63, 3.8) is 0 Å². The number of rotatable bonds is 1. The van der Waals surface area contributed by atoms with E-state index in [2.05, 4.69) is 5.43 Å². The van der Waals surface area contributed by atoms with Gasteiger partial charge < -0.3 is 4.74 Å². The molecule has 1 N–H and O–H groups in total. The Hall–Kier alpha value is -0.480. The van der Waals surface area contributed by atoms with Gasteiger partial charge >= 0.3 is 6.09 Å². The molecule has 1 heterocycles. The Morgan fingerprint density at radius 1 is 1.73 bits per heavy atom. The van der Waals surface area contributed by atoms with Crippen molar-refractivity contribution in [2.75, 3.05) is 19.7 Å². The molecule has 5 heteroatoms. The normalized spacial score (nSPS) is 15.9. The van der Waals surface area contributed by atoms with Crippen LogP contribution in [-0.4, -0.2) is 30.8 Å². The Morgan fingerprint density at radius 2 is 2.45 bits per heavy atom. The van der Waals surface area contributed by atoms with Gasteiger partial charge in [0, 0.05) is 13.1 Å². The minimum Gasteiger partial charge on any atom is -0.449 e. The second-order valence-electron chi connectivity index (χ2n) is 2.11. The number of hydrogen-bond donors (Lipinski definition) is 1. The molecule has 11 heavy (non-hydrogen) atoms. The van der Waals surface area contributed by atoms with Gasteiger partial charge in [-0.15, -0.1) is 12.4 Å². The van der Waals surface area contributed by atoms with Gasteiger partial charge in [-0.05, 0) is 13.3 Å². The Bertz CT molecular complexity index is 126. The lowest BCUT2D eigenvalue weighted by Gasteiger charge is -2.13. The number of nitrogens with zero attached hydrogens (tertiary/aromatic N) is 1. The zero-order valence-electron chi connectivity index (χ0n) is 6.50. The molecule has 0 aliphatic carbocycles. The van der Waals surface area contributed by atoms with E-state index in [9.17, 15) is 4.79 Å². The van der Waals surface area contributed by atoms with E-state index >= 15 is 0 Å². The zero-order valence-corrected chi connectivity index (χ0v) is 7.32. The number of hydrogen-bond acceptors (Lipinski definition) is 3. The fraction of sp³-hybridized carbons (Fsp3) is 0.833. The third-order valence-corrected chi connectivity index (χ3v) is 1.35. The smallest absolute Gasteiger partial charge is 0.424 e. The highest BCUT2D eigenvalue weighted by atomic mass is 35.5. The monoisotopic (exact) mass is 180 g/mol. The van der Waals surface area contributed by atoms with Gasteiger partial charge in [0.05, 0.1) is 6.61 Å². The van der Waals surface area contributed by atoms with Crippen molar-refractivity contribution in [3.05, 3.63) is 0 Å². The summed E-state index contributed by atoms with van der Waals surface area (Å²) in [7, 11) is 0. The maximum Gasteiger partial charge on any atom is 0.424 e. The minimum absolute atomic E-state index is 0. The first-order valence-electron chi connectivity index (χ1n) is 3.52. The summed E-state index contributed by atoms with van der Waals surface area (Å²) >= 11 is 0. The number of ether oxygens (including phenoxy) is 1. The summed E-state index contributed by atoms with van der Waals surface area (Å²) in [6, 6.07) is 0. The number of hydrazine groups is 1. The molecular formula is C6H13ClN2O2. The summed E-state index contributed by atoms with van der Waals surface area (Å²) in [6.07, 6.45) is 0.749. The van der Waals surface area contributed by atoms with Gasteiger partial charge in [0.15, 0.2) is 0 Å². The number of amides is 1. The average Bonchev–Trinajstić information content (AvgIpc) is 2.38. The SMILES string of the molecule is CCOC(=O)N1CCCN1.Cl. The van der Waals surface area contributed by atoms with E-state index in [4.69, 9.17) is 4.74 Å². The van der Waals surface area contributed by atoms with Crippen molar-refractivity contribution in [2.24, 2.45) is 0 Å². The lowest BCUT2D eigenvalue weighted by molar-refractivity contribution is 0.101. The first kappa shape index (κ1) is 10.5. The van der Waals surface area contributed by atoms with Gasteiger partial charge in [-0.2, -0.15) is 0 Å². The van der Waals surface area contributed by atoms with Crippen LogP contribution in [0.1, 0.15) is 13.3 Å². The molecule has 0 aromatic heterocycles. The van der Waals surface area contributed by atoms with Crippen LogP contribution in [0.3, 0.4) is 0 Å². The molecule has 0 saturated carbocycles. The quantitative estimate of drug-likeness (QED) is 0.649. The summed E-state index contributed by atoms with van der Waals surface area (Å²) in [5.41, 5.74) is 2.90. The van der Waals surface area contributed by atoms with Crippen molar-refractivity contribution < 1.29 is 9.53 Å². The van der Waals surface area contributed by atoms with Crippen LogP contribution in [0.4, 0.5) is 4.79 Å². The largest absolute Gasteiger partial charge is 0.449 e. The standard InChI is InChI=1S/C6H12N2O2.ClH/c1-2-10-6(9)8-5-3-4-7-8;/h7H,2-5H2,1H3;1H. The van der Waals surface area contributed by atoms with E-state index in [0.717, 1.165) is 19.5 Å². The highest BCUT2D eigenvalue weighted by Crippen LogP contribution is 1.98. The molecule has 1 fully saturated rings. The van der Waals surface area contributed by atoms with E-state index in [1.165, 1.54) is 5.01 Å². The van der Waals surface area contributed by atoms with Crippen LogP contribution < -0.4 is 5.43 Å². The maximum absolute atomic E-state index is 10.9. The molecule has 0 unspecified atom stereocenters. The van der Waals surface area contributed by atoms with Gasteiger partial charge in [0.1, 0.15) is 0 Å². The minimum atomic E-state index is -0.264. The molecule has 1 amide bonds. The topological polar surface area (TPSA) is 41.6 Å². The lowest BCUT2D eigenvalue weighted by atomic mass is 10.5. The first-order valence-corrected chi connectivity index (χ1v) is 3.52. The molecule has 0 bridgehead atoms. The second kappa shape index (κ2) is 5.21. The predicted octanol–water partition coefficient (Wildman–Crippen LogP) is 0.775. The highest BCUT2D eigenvalue weighted by molar-refractivity contribution is 5.85. The summed E-state index contributed by atoms with van der Waals surface area (Å²) in [4.78, 5) is 10.9. The van der Waals surface area contributed by atoms with Gasteiger partial charge in [-0.25, -0.2) is 15.2 Å². The van der Waals surface area contributed by atoms with Crippen LogP contribution in [0.5, 0.6) is 0 Å². The van der Waals surface area contributed by atoms with Gasteiger partial charge in [-0.3, -0.25) is 0 Å². The van der Waals surface area contributed by atoms with Gasteiger partial charge in [0.25, 0.3) is 0 Å². The van der Waals surface area contributed by atoms with E-state index in [-0.39, 0.29) is 18.5 Å². The molecule has 1 aliphatic heterocycles. The van der Waals surface area contributed by atoms with Gasteiger partial charge in [0.2, 0.25) is 0 Å². The second-order valence-corrected chi connectivity index (χ2v) is 2.11. The van der Waals surface area contributed by atoms with Crippen molar-refractivity contribution in [1.82, 2.24) is 10.4 Å².